The molecule has 19 heavy (non-hydrogen) atoms. The predicted octanol–water partition coefficient (Wildman–Crippen LogP) is 1.95. The second-order valence-electron chi connectivity index (χ2n) is 4.48. The van der Waals surface area contributed by atoms with E-state index in [0.29, 0.717) is 19.6 Å². The SMILES string of the molecule is C#CCOC(=O)N1CCCC1C(=O)OCCCCC. The molecule has 1 atom stereocenters. The number of ether oxygens (including phenoxy) is 2. The molecule has 0 spiro atoms. The van der Waals surface area contributed by atoms with Crippen LogP contribution in [0.5, 0.6) is 0 Å². The normalized spacial score (nSPS) is 17.9. The number of rotatable bonds is 6. The largest absolute Gasteiger partial charge is 0.464 e. The van der Waals surface area contributed by atoms with Gasteiger partial charge < -0.3 is 9.47 Å². The lowest BCUT2D eigenvalue weighted by molar-refractivity contribution is -0.148. The summed E-state index contributed by atoms with van der Waals surface area (Å²) in [5.74, 6) is 1.89. The van der Waals surface area contributed by atoms with E-state index < -0.39 is 12.1 Å². The average Bonchev–Trinajstić information content (AvgIpc) is 2.90. The highest BCUT2D eigenvalue weighted by Crippen LogP contribution is 2.19. The molecule has 106 valence electrons. The van der Waals surface area contributed by atoms with E-state index in [-0.39, 0.29) is 12.6 Å². The summed E-state index contributed by atoms with van der Waals surface area (Å²) in [5, 5.41) is 0. The molecule has 0 aliphatic carbocycles. The van der Waals surface area contributed by atoms with Gasteiger partial charge in [-0.2, -0.15) is 0 Å². The van der Waals surface area contributed by atoms with E-state index >= 15 is 0 Å². The molecule has 0 radical (unpaired) electrons. The standard InChI is InChI=1S/C14H21NO4/c1-3-5-6-11-18-13(16)12-8-7-9-15(12)14(17)19-10-4-2/h2,12H,3,5-11H2,1H3. The molecule has 1 amide bonds. The number of likely N-dealkylation sites (tertiary alicyclic amines) is 1. The van der Waals surface area contributed by atoms with Crippen LogP contribution >= 0.6 is 0 Å². The van der Waals surface area contributed by atoms with Crippen LogP contribution in [0, 0.1) is 12.3 Å². The molecule has 5 heteroatoms. The fourth-order valence-corrected chi connectivity index (χ4v) is 2.04. The van der Waals surface area contributed by atoms with Crippen LogP contribution in [-0.2, 0) is 14.3 Å². The van der Waals surface area contributed by atoms with Crippen molar-refractivity contribution in [3.8, 4) is 12.3 Å². The van der Waals surface area contributed by atoms with Crippen LogP contribution in [0.2, 0.25) is 0 Å². The Hall–Kier alpha value is -1.70. The molecule has 0 aromatic carbocycles. The lowest BCUT2D eigenvalue weighted by Crippen LogP contribution is -2.41. The first-order valence-electron chi connectivity index (χ1n) is 6.74. The smallest absolute Gasteiger partial charge is 0.411 e. The van der Waals surface area contributed by atoms with Crippen molar-refractivity contribution in [2.75, 3.05) is 19.8 Å². The van der Waals surface area contributed by atoms with Crippen LogP contribution in [0.25, 0.3) is 0 Å². The third kappa shape index (κ3) is 4.82. The number of unbranched alkanes of at least 4 members (excludes halogenated alkanes) is 2. The molecule has 1 unspecified atom stereocenters. The zero-order valence-corrected chi connectivity index (χ0v) is 11.4. The number of carbonyl (C=O) groups excluding carboxylic acids is 2. The molecule has 0 aromatic heterocycles. The Morgan fingerprint density at radius 1 is 1.37 bits per heavy atom. The van der Waals surface area contributed by atoms with E-state index in [1.165, 1.54) is 4.90 Å². The molecule has 1 saturated heterocycles. The van der Waals surface area contributed by atoms with Crippen molar-refractivity contribution in [2.45, 2.75) is 45.1 Å². The molecule has 1 aliphatic rings. The van der Waals surface area contributed by atoms with Gasteiger partial charge in [0.1, 0.15) is 6.04 Å². The van der Waals surface area contributed by atoms with Gasteiger partial charge in [-0.3, -0.25) is 4.90 Å². The van der Waals surface area contributed by atoms with E-state index in [1.807, 2.05) is 0 Å². The maximum atomic E-state index is 11.9. The first-order chi connectivity index (χ1) is 9.20. The summed E-state index contributed by atoms with van der Waals surface area (Å²) < 4.78 is 10.0. The maximum Gasteiger partial charge on any atom is 0.411 e. The molecule has 1 rings (SSSR count). The molecule has 0 saturated carbocycles. The fraction of sp³-hybridized carbons (Fsp3) is 0.714. The first kappa shape index (κ1) is 15.4. The molecule has 0 aromatic rings. The third-order valence-corrected chi connectivity index (χ3v) is 3.03. The van der Waals surface area contributed by atoms with Crippen molar-refractivity contribution in [1.82, 2.24) is 4.90 Å². The molecule has 1 aliphatic heterocycles. The van der Waals surface area contributed by atoms with Gasteiger partial charge in [0.25, 0.3) is 0 Å². The summed E-state index contributed by atoms with van der Waals surface area (Å²) in [6.07, 6.45) is 8.86. The average molecular weight is 267 g/mol. The van der Waals surface area contributed by atoms with Crippen molar-refractivity contribution in [3.05, 3.63) is 0 Å². The first-order valence-corrected chi connectivity index (χ1v) is 6.74. The Balaban J connectivity index is 2.40. The molecule has 5 nitrogen and oxygen atoms in total. The van der Waals surface area contributed by atoms with Gasteiger partial charge >= 0.3 is 12.1 Å². The molecule has 1 fully saturated rings. The third-order valence-electron chi connectivity index (χ3n) is 3.03. The van der Waals surface area contributed by atoms with Crippen molar-refractivity contribution >= 4 is 12.1 Å². The van der Waals surface area contributed by atoms with Gasteiger partial charge in [0, 0.05) is 6.54 Å². The Morgan fingerprint density at radius 2 is 2.16 bits per heavy atom. The molecule has 0 bridgehead atoms. The summed E-state index contributed by atoms with van der Waals surface area (Å²) in [5.41, 5.74) is 0. The highest BCUT2D eigenvalue weighted by molar-refractivity contribution is 5.82. The second-order valence-corrected chi connectivity index (χ2v) is 4.48. The highest BCUT2D eigenvalue weighted by Gasteiger charge is 2.36. The molecule has 0 N–H and O–H groups in total. The summed E-state index contributed by atoms with van der Waals surface area (Å²) in [7, 11) is 0. The number of hydrogen-bond acceptors (Lipinski definition) is 4. The summed E-state index contributed by atoms with van der Waals surface area (Å²) in [6.45, 7) is 2.93. The van der Waals surface area contributed by atoms with E-state index in [1.54, 1.807) is 0 Å². The summed E-state index contributed by atoms with van der Waals surface area (Å²) in [6, 6.07) is -0.521. The van der Waals surface area contributed by atoms with Gasteiger partial charge in [-0.1, -0.05) is 25.7 Å². The minimum atomic E-state index is -0.536. The summed E-state index contributed by atoms with van der Waals surface area (Å²) >= 11 is 0. The van der Waals surface area contributed by atoms with Gasteiger partial charge in [-0.05, 0) is 19.3 Å². The number of carbonyl (C=O) groups is 2. The van der Waals surface area contributed by atoms with Gasteiger partial charge in [0.15, 0.2) is 6.61 Å². The number of nitrogens with zero attached hydrogens (tertiary/aromatic N) is 1. The van der Waals surface area contributed by atoms with Crippen LogP contribution < -0.4 is 0 Å². The Labute approximate surface area is 114 Å². The number of esters is 1. The molecular weight excluding hydrogens is 246 g/mol. The highest BCUT2D eigenvalue weighted by atomic mass is 16.6. The lowest BCUT2D eigenvalue weighted by Gasteiger charge is -2.22. The van der Waals surface area contributed by atoms with E-state index in [9.17, 15) is 9.59 Å². The summed E-state index contributed by atoms with van der Waals surface area (Å²) in [4.78, 5) is 25.0. The molecule has 1 heterocycles. The Bertz CT molecular complexity index is 348. The van der Waals surface area contributed by atoms with Crippen molar-refractivity contribution < 1.29 is 19.1 Å². The van der Waals surface area contributed by atoms with Gasteiger partial charge in [0.2, 0.25) is 0 Å². The minimum absolute atomic E-state index is 0.0758. The van der Waals surface area contributed by atoms with Crippen LogP contribution in [0.4, 0.5) is 4.79 Å². The Morgan fingerprint density at radius 3 is 2.84 bits per heavy atom. The van der Waals surface area contributed by atoms with Gasteiger partial charge in [-0.25, -0.2) is 9.59 Å². The van der Waals surface area contributed by atoms with Gasteiger partial charge in [0.05, 0.1) is 6.61 Å². The monoisotopic (exact) mass is 267 g/mol. The quantitative estimate of drug-likeness (QED) is 0.419. The van der Waals surface area contributed by atoms with Crippen molar-refractivity contribution in [1.29, 1.82) is 0 Å². The zero-order valence-electron chi connectivity index (χ0n) is 11.4. The molecular formula is C14H21NO4. The number of hydrogen-bond donors (Lipinski definition) is 0. The minimum Gasteiger partial charge on any atom is -0.464 e. The second kappa shape index (κ2) is 8.41. The van der Waals surface area contributed by atoms with Crippen LogP contribution in [-0.4, -0.2) is 42.8 Å². The fourth-order valence-electron chi connectivity index (χ4n) is 2.04. The van der Waals surface area contributed by atoms with Crippen LogP contribution in [0.15, 0.2) is 0 Å². The van der Waals surface area contributed by atoms with E-state index in [0.717, 1.165) is 25.7 Å². The van der Waals surface area contributed by atoms with E-state index in [2.05, 4.69) is 12.8 Å². The number of terminal acetylenes is 1. The topological polar surface area (TPSA) is 55.8 Å². The van der Waals surface area contributed by atoms with Crippen molar-refractivity contribution in [2.24, 2.45) is 0 Å². The van der Waals surface area contributed by atoms with Crippen molar-refractivity contribution in [3.63, 3.8) is 0 Å². The lowest BCUT2D eigenvalue weighted by atomic mass is 10.2. The van der Waals surface area contributed by atoms with Crippen LogP contribution in [0.1, 0.15) is 39.0 Å². The van der Waals surface area contributed by atoms with Crippen LogP contribution in [0.3, 0.4) is 0 Å². The van der Waals surface area contributed by atoms with E-state index in [4.69, 9.17) is 15.9 Å². The zero-order chi connectivity index (χ0) is 14.1. The van der Waals surface area contributed by atoms with Gasteiger partial charge in [-0.15, -0.1) is 6.42 Å². The Kier molecular flexibility index (Phi) is 6.80. The maximum absolute atomic E-state index is 11.9. The number of amides is 1. The predicted molar refractivity (Wildman–Crippen MR) is 70.4 cm³/mol.